The summed E-state index contributed by atoms with van der Waals surface area (Å²) in [4.78, 5) is 22.2. The Hall–Kier alpha value is -3.04. The predicted molar refractivity (Wildman–Crippen MR) is 142 cm³/mol. The number of piperazine rings is 1. The molecular weight excluding hydrogens is 471 g/mol. The van der Waals surface area contributed by atoms with E-state index in [1.165, 1.54) is 11.3 Å². The third kappa shape index (κ3) is 4.28. The number of rotatable bonds is 5. The van der Waals surface area contributed by atoms with Crippen LogP contribution in [0.5, 0.6) is 0 Å². The van der Waals surface area contributed by atoms with Gasteiger partial charge in [-0.1, -0.05) is 6.92 Å². The number of pyridine rings is 1. The molecule has 1 saturated carbocycles. The summed E-state index contributed by atoms with van der Waals surface area (Å²) in [6.45, 7) is 10.1. The van der Waals surface area contributed by atoms with Crippen molar-refractivity contribution in [1.29, 1.82) is 0 Å². The van der Waals surface area contributed by atoms with Gasteiger partial charge in [0.05, 0.1) is 24.9 Å². The van der Waals surface area contributed by atoms with Crippen LogP contribution in [-0.4, -0.2) is 76.7 Å². The summed E-state index contributed by atoms with van der Waals surface area (Å²) >= 11 is 0. The lowest BCUT2D eigenvalue weighted by Gasteiger charge is -2.45. The number of anilines is 2. The SMILES string of the molecule is Cc1cc2cnc(NC(=O)C3C(C)C3c3cnn(C)c3)cc2cc1N1CCN(C2(C)COCC2F)CC1. The Bertz CT molecular complexity index is 1340. The van der Waals surface area contributed by atoms with E-state index in [-0.39, 0.29) is 30.3 Å². The van der Waals surface area contributed by atoms with Gasteiger partial charge in [0.25, 0.3) is 0 Å². The van der Waals surface area contributed by atoms with E-state index in [0.717, 1.165) is 42.5 Å². The minimum absolute atomic E-state index is 0.00668. The number of aromatic nitrogens is 3. The Morgan fingerprint density at radius 2 is 1.95 bits per heavy atom. The quantitative estimate of drug-likeness (QED) is 0.571. The summed E-state index contributed by atoms with van der Waals surface area (Å²) in [5, 5.41) is 9.39. The lowest BCUT2D eigenvalue weighted by molar-refractivity contribution is -0.117. The summed E-state index contributed by atoms with van der Waals surface area (Å²) in [7, 11) is 1.89. The maximum Gasteiger partial charge on any atom is 0.229 e. The largest absolute Gasteiger partial charge is 0.376 e. The lowest BCUT2D eigenvalue weighted by atomic mass is 9.96. The fourth-order valence-corrected chi connectivity index (χ4v) is 6.29. The summed E-state index contributed by atoms with van der Waals surface area (Å²) in [5.41, 5.74) is 2.94. The third-order valence-corrected chi connectivity index (χ3v) is 8.76. The van der Waals surface area contributed by atoms with Crippen molar-refractivity contribution in [1.82, 2.24) is 19.7 Å². The first-order valence-electron chi connectivity index (χ1n) is 13.2. The van der Waals surface area contributed by atoms with Crippen LogP contribution in [0.25, 0.3) is 10.8 Å². The topological polar surface area (TPSA) is 75.5 Å². The molecule has 4 heterocycles. The van der Waals surface area contributed by atoms with Crippen molar-refractivity contribution in [2.75, 3.05) is 49.6 Å². The number of fused-ring (bicyclic) bond motifs is 1. The van der Waals surface area contributed by atoms with Crippen LogP contribution in [0, 0.1) is 18.8 Å². The number of amides is 1. The van der Waals surface area contributed by atoms with Gasteiger partial charge in [-0.15, -0.1) is 0 Å². The molecule has 3 fully saturated rings. The molecule has 0 bridgehead atoms. The molecule has 1 aliphatic carbocycles. The van der Waals surface area contributed by atoms with Crippen LogP contribution in [0.2, 0.25) is 0 Å². The number of ether oxygens (including phenoxy) is 1. The number of hydrogen-bond acceptors (Lipinski definition) is 6. The van der Waals surface area contributed by atoms with E-state index in [1.807, 2.05) is 38.6 Å². The molecule has 1 aromatic carbocycles. The average molecular weight is 507 g/mol. The van der Waals surface area contributed by atoms with Gasteiger partial charge in [0.15, 0.2) is 0 Å². The zero-order valence-electron chi connectivity index (χ0n) is 21.9. The maximum atomic E-state index is 14.5. The number of nitrogens with zero attached hydrogens (tertiary/aromatic N) is 5. The molecule has 2 aliphatic heterocycles. The third-order valence-electron chi connectivity index (χ3n) is 8.76. The molecule has 3 aliphatic rings. The molecule has 9 heteroatoms. The van der Waals surface area contributed by atoms with E-state index in [2.05, 4.69) is 51.2 Å². The van der Waals surface area contributed by atoms with Crippen LogP contribution in [0.4, 0.5) is 15.9 Å². The second kappa shape index (κ2) is 9.06. The van der Waals surface area contributed by atoms with E-state index >= 15 is 0 Å². The highest BCUT2D eigenvalue weighted by molar-refractivity contribution is 5.97. The first-order chi connectivity index (χ1) is 17.7. The zero-order chi connectivity index (χ0) is 25.9. The van der Waals surface area contributed by atoms with Crippen molar-refractivity contribution in [3.05, 3.63) is 47.9 Å². The highest BCUT2D eigenvalue weighted by atomic mass is 19.1. The van der Waals surface area contributed by atoms with Gasteiger partial charge in [0.1, 0.15) is 12.0 Å². The van der Waals surface area contributed by atoms with Gasteiger partial charge in [-0.3, -0.25) is 14.4 Å². The van der Waals surface area contributed by atoms with E-state index in [4.69, 9.17) is 4.74 Å². The monoisotopic (exact) mass is 506 g/mol. The van der Waals surface area contributed by atoms with Gasteiger partial charge in [0, 0.05) is 68.5 Å². The van der Waals surface area contributed by atoms with Gasteiger partial charge in [-0.2, -0.15) is 5.10 Å². The second-order valence-corrected chi connectivity index (χ2v) is 11.2. The van der Waals surface area contributed by atoms with Gasteiger partial charge in [-0.05, 0) is 54.5 Å². The zero-order valence-corrected chi connectivity index (χ0v) is 21.9. The average Bonchev–Trinajstić information content (AvgIpc) is 3.15. The van der Waals surface area contributed by atoms with Crippen molar-refractivity contribution in [2.45, 2.75) is 38.4 Å². The minimum atomic E-state index is -0.944. The summed E-state index contributed by atoms with van der Waals surface area (Å²) in [5.74, 6) is 0.996. The molecule has 1 N–H and O–H groups in total. The van der Waals surface area contributed by atoms with Gasteiger partial charge < -0.3 is 15.0 Å². The molecule has 0 radical (unpaired) electrons. The molecule has 37 heavy (non-hydrogen) atoms. The number of hydrogen-bond donors (Lipinski definition) is 1. The first kappa shape index (κ1) is 24.3. The smallest absolute Gasteiger partial charge is 0.229 e. The molecule has 6 rings (SSSR count). The van der Waals surface area contributed by atoms with Gasteiger partial charge in [-0.25, -0.2) is 9.37 Å². The Morgan fingerprint density at radius 3 is 2.62 bits per heavy atom. The fourth-order valence-electron chi connectivity index (χ4n) is 6.29. The molecule has 5 unspecified atom stereocenters. The number of aryl methyl sites for hydroxylation is 2. The number of carbonyl (C=O) groups excluding carboxylic acids is 1. The van der Waals surface area contributed by atoms with Gasteiger partial charge in [0.2, 0.25) is 5.91 Å². The normalized spacial score (nSPS) is 30.1. The van der Waals surface area contributed by atoms with E-state index in [9.17, 15) is 9.18 Å². The fraction of sp³-hybridized carbons (Fsp3) is 0.536. The number of alkyl halides is 1. The Labute approximate surface area is 216 Å². The maximum absolute atomic E-state index is 14.5. The molecule has 2 aromatic heterocycles. The van der Waals surface area contributed by atoms with Crippen molar-refractivity contribution in [3.63, 3.8) is 0 Å². The first-order valence-corrected chi connectivity index (χ1v) is 13.2. The number of halogens is 1. The molecule has 5 atom stereocenters. The molecule has 196 valence electrons. The Kier molecular flexibility index (Phi) is 5.95. The number of benzene rings is 1. The lowest BCUT2D eigenvalue weighted by Crippen LogP contribution is -2.59. The number of nitrogens with one attached hydrogen (secondary N) is 1. The molecular formula is C28H35FN6O2. The van der Waals surface area contributed by atoms with E-state index < -0.39 is 11.7 Å². The molecule has 1 amide bonds. The molecule has 8 nitrogen and oxygen atoms in total. The van der Waals surface area contributed by atoms with Crippen LogP contribution < -0.4 is 10.2 Å². The predicted octanol–water partition coefficient (Wildman–Crippen LogP) is 3.51. The van der Waals surface area contributed by atoms with E-state index in [1.54, 1.807) is 4.68 Å². The summed E-state index contributed by atoms with van der Waals surface area (Å²) < 4.78 is 21.7. The van der Waals surface area contributed by atoms with Crippen molar-refractivity contribution in [3.8, 4) is 0 Å². The van der Waals surface area contributed by atoms with Crippen molar-refractivity contribution >= 4 is 28.2 Å². The molecule has 3 aromatic rings. The van der Waals surface area contributed by atoms with Crippen LogP contribution in [0.3, 0.4) is 0 Å². The van der Waals surface area contributed by atoms with Crippen LogP contribution in [0.15, 0.2) is 36.8 Å². The second-order valence-electron chi connectivity index (χ2n) is 11.2. The highest BCUT2D eigenvalue weighted by Gasteiger charge is 2.53. The standard InChI is InChI=1S/C28H35FN6O2/c1-17-9-20-12-30-24(32-27(36)26-18(2)25(26)21-13-31-33(4)14-21)11-19(20)10-22(17)34-5-7-35(8-6-34)28(3)16-37-15-23(28)29/h9-14,18,23,25-26H,5-8,15-16H2,1-4H3,(H,30,32,36). The van der Waals surface area contributed by atoms with Crippen LogP contribution in [-0.2, 0) is 16.6 Å². The summed E-state index contributed by atoms with van der Waals surface area (Å²) in [6.07, 6.45) is 4.73. The van der Waals surface area contributed by atoms with Crippen molar-refractivity contribution < 1.29 is 13.9 Å². The Balaban J connectivity index is 1.16. The minimum Gasteiger partial charge on any atom is -0.376 e. The highest BCUT2D eigenvalue weighted by Crippen LogP contribution is 2.54. The Morgan fingerprint density at radius 1 is 1.16 bits per heavy atom. The van der Waals surface area contributed by atoms with E-state index in [0.29, 0.717) is 12.4 Å². The van der Waals surface area contributed by atoms with Crippen LogP contribution >= 0.6 is 0 Å². The van der Waals surface area contributed by atoms with Crippen LogP contribution in [0.1, 0.15) is 30.9 Å². The number of carbonyl (C=O) groups is 1. The molecule has 2 saturated heterocycles. The molecule has 0 spiro atoms. The summed E-state index contributed by atoms with van der Waals surface area (Å²) in [6, 6.07) is 6.30. The van der Waals surface area contributed by atoms with Gasteiger partial charge >= 0.3 is 0 Å². The van der Waals surface area contributed by atoms with Crippen molar-refractivity contribution in [2.24, 2.45) is 18.9 Å².